The molecular formula is C19H16N4O2. The van der Waals surface area contributed by atoms with Gasteiger partial charge in [-0.3, -0.25) is 4.79 Å². The van der Waals surface area contributed by atoms with Gasteiger partial charge in [0.05, 0.1) is 17.1 Å². The number of para-hydroxylation sites is 1. The van der Waals surface area contributed by atoms with Crippen LogP contribution in [-0.2, 0) is 4.79 Å². The summed E-state index contributed by atoms with van der Waals surface area (Å²) in [6.07, 6.45) is 1.09. The largest absolute Gasteiger partial charge is 0.493 e. The van der Waals surface area contributed by atoms with Crippen molar-refractivity contribution in [2.24, 2.45) is 5.10 Å². The second-order valence-corrected chi connectivity index (χ2v) is 5.81. The molecule has 0 saturated carbocycles. The van der Waals surface area contributed by atoms with Gasteiger partial charge in [-0.05, 0) is 17.7 Å². The average Bonchev–Trinajstić information content (AvgIpc) is 3.05. The Morgan fingerprint density at radius 3 is 2.36 bits per heavy atom. The van der Waals surface area contributed by atoms with E-state index in [4.69, 9.17) is 0 Å². The van der Waals surface area contributed by atoms with E-state index in [1.165, 1.54) is 4.68 Å². The minimum absolute atomic E-state index is 0.0534. The second-order valence-electron chi connectivity index (χ2n) is 5.81. The van der Waals surface area contributed by atoms with Crippen molar-refractivity contribution in [1.82, 2.24) is 15.2 Å². The van der Waals surface area contributed by atoms with Crippen LogP contribution < -0.4 is 5.43 Å². The molecule has 2 aromatic carbocycles. The summed E-state index contributed by atoms with van der Waals surface area (Å²) in [4.78, 5) is 11.2. The highest BCUT2D eigenvalue weighted by Crippen LogP contribution is 2.26. The Kier molecular flexibility index (Phi) is 3.78. The van der Waals surface area contributed by atoms with Gasteiger partial charge >= 0.3 is 0 Å². The van der Waals surface area contributed by atoms with Crippen LogP contribution in [0, 0.1) is 0 Å². The SMILES string of the molecule is O=C1CCC(c2ccc(-c3cc(O)n(-c4ccccc4)n3)cc2)=NN1. The van der Waals surface area contributed by atoms with E-state index in [1.807, 2.05) is 54.6 Å². The van der Waals surface area contributed by atoms with Gasteiger partial charge in [-0.2, -0.15) is 10.2 Å². The molecule has 0 fully saturated rings. The molecule has 0 aliphatic carbocycles. The number of carbonyl (C=O) groups excluding carboxylic acids is 1. The quantitative estimate of drug-likeness (QED) is 0.774. The van der Waals surface area contributed by atoms with Gasteiger partial charge in [0.25, 0.3) is 0 Å². The molecule has 3 aromatic rings. The van der Waals surface area contributed by atoms with Gasteiger partial charge < -0.3 is 5.11 Å². The number of benzene rings is 2. The number of nitrogens with one attached hydrogen (secondary N) is 1. The minimum atomic E-state index is -0.0534. The van der Waals surface area contributed by atoms with E-state index in [2.05, 4.69) is 15.6 Å². The first-order valence-corrected chi connectivity index (χ1v) is 8.01. The van der Waals surface area contributed by atoms with Crippen LogP contribution in [0.4, 0.5) is 0 Å². The molecule has 1 aliphatic heterocycles. The first-order valence-electron chi connectivity index (χ1n) is 8.01. The van der Waals surface area contributed by atoms with E-state index in [-0.39, 0.29) is 11.8 Å². The first-order chi connectivity index (χ1) is 12.2. The molecule has 6 heteroatoms. The van der Waals surface area contributed by atoms with Crippen LogP contribution in [-0.4, -0.2) is 26.5 Å². The molecule has 0 unspecified atom stereocenters. The van der Waals surface area contributed by atoms with E-state index in [0.29, 0.717) is 18.5 Å². The number of hydrazone groups is 1. The fourth-order valence-corrected chi connectivity index (χ4v) is 2.79. The lowest BCUT2D eigenvalue weighted by Crippen LogP contribution is -2.25. The molecule has 6 nitrogen and oxygen atoms in total. The smallest absolute Gasteiger partial charge is 0.240 e. The maximum absolute atomic E-state index is 11.2. The predicted molar refractivity (Wildman–Crippen MR) is 94.6 cm³/mol. The Morgan fingerprint density at radius 2 is 1.68 bits per heavy atom. The highest BCUT2D eigenvalue weighted by atomic mass is 16.3. The third-order valence-corrected chi connectivity index (χ3v) is 4.11. The Bertz CT molecular complexity index is 943. The number of amides is 1. The summed E-state index contributed by atoms with van der Waals surface area (Å²) < 4.78 is 1.50. The summed E-state index contributed by atoms with van der Waals surface area (Å²) in [5, 5.41) is 18.8. The van der Waals surface area contributed by atoms with Gasteiger partial charge in [-0.1, -0.05) is 42.5 Å². The Morgan fingerprint density at radius 1 is 0.960 bits per heavy atom. The zero-order chi connectivity index (χ0) is 17.2. The monoisotopic (exact) mass is 332 g/mol. The highest BCUT2D eigenvalue weighted by molar-refractivity contribution is 6.04. The maximum Gasteiger partial charge on any atom is 0.240 e. The van der Waals surface area contributed by atoms with Gasteiger partial charge in [0.1, 0.15) is 0 Å². The number of hydrogen-bond donors (Lipinski definition) is 2. The van der Waals surface area contributed by atoms with Crippen molar-refractivity contribution in [1.29, 1.82) is 0 Å². The minimum Gasteiger partial charge on any atom is -0.493 e. The van der Waals surface area contributed by atoms with Crippen LogP contribution in [0.3, 0.4) is 0 Å². The lowest BCUT2D eigenvalue weighted by Gasteiger charge is -2.12. The summed E-state index contributed by atoms with van der Waals surface area (Å²) in [6, 6.07) is 18.9. The summed E-state index contributed by atoms with van der Waals surface area (Å²) in [7, 11) is 0. The third kappa shape index (κ3) is 3.01. The molecule has 2 heterocycles. The Labute approximate surface area is 144 Å². The molecule has 0 atom stereocenters. The molecule has 4 rings (SSSR count). The lowest BCUT2D eigenvalue weighted by atomic mass is 10.0. The van der Waals surface area contributed by atoms with Gasteiger partial charge in [-0.15, -0.1) is 0 Å². The Balaban J connectivity index is 1.62. The third-order valence-electron chi connectivity index (χ3n) is 4.11. The van der Waals surface area contributed by atoms with Gasteiger partial charge in [0, 0.05) is 24.5 Å². The van der Waals surface area contributed by atoms with Crippen LogP contribution >= 0.6 is 0 Å². The number of aromatic nitrogens is 2. The maximum atomic E-state index is 11.2. The summed E-state index contributed by atoms with van der Waals surface area (Å²) >= 11 is 0. The predicted octanol–water partition coefficient (Wildman–Crippen LogP) is 2.86. The van der Waals surface area contributed by atoms with E-state index in [0.717, 1.165) is 22.5 Å². The van der Waals surface area contributed by atoms with E-state index in [1.54, 1.807) is 6.07 Å². The van der Waals surface area contributed by atoms with Crippen molar-refractivity contribution in [2.75, 3.05) is 0 Å². The fraction of sp³-hybridized carbons (Fsp3) is 0.105. The number of nitrogens with zero attached hydrogens (tertiary/aromatic N) is 3. The normalized spacial score (nSPS) is 14.1. The van der Waals surface area contributed by atoms with Gasteiger partial charge in [-0.25, -0.2) is 10.1 Å². The van der Waals surface area contributed by atoms with Gasteiger partial charge in [0.2, 0.25) is 11.8 Å². The Hall–Kier alpha value is -3.41. The van der Waals surface area contributed by atoms with E-state index < -0.39 is 0 Å². The standard InChI is InChI=1S/C19H16N4O2/c24-18-11-10-16(20-21-18)13-6-8-14(9-7-13)17-12-19(25)23(22-17)15-4-2-1-3-5-15/h1-9,12,25H,10-11H2,(H,21,24). The molecule has 1 aliphatic rings. The molecule has 0 saturated heterocycles. The van der Waals surface area contributed by atoms with E-state index >= 15 is 0 Å². The van der Waals surface area contributed by atoms with Crippen molar-refractivity contribution in [3.63, 3.8) is 0 Å². The molecular weight excluding hydrogens is 316 g/mol. The highest BCUT2D eigenvalue weighted by Gasteiger charge is 2.14. The zero-order valence-corrected chi connectivity index (χ0v) is 13.4. The molecule has 0 spiro atoms. The van der Waals surface area contributed by atoms with Crippen LogP contribution in [0.2, 0.25) is 0 Å². The van der Waals surface area contributed by atoms with Crippen LogP contribution in [0.1, 0.15) is 18.4 Å². The molecule has 0 bridgehead atoms. The summed E-state index contributed by atoms with van der Waals surface area (Å²) in [6.45, 7) is 0. The molecule has 25 heavy (non-hydrogen) atoms. The summed E-state index contributed by atoms with van der Waals surface area (Å²) in [5.41, 5.74) is 6.72. The van der Waals surface area contributed by atoms with Crippen LogP contribution in [0.15, 0.2) is 65.8 Å². The zero-order valence-electron chi connectivity index (χ0n) is 13.4. The van der Waals surface area contributed by atoms with Crippen molar-refractivity contribution < 1.29 is 9.90 Å². The van der Waals surface area contributed by atoms with Crippen molar-refractivity contribution in [3.8, 4) is 22.8 Å². The molecule has 1 amide bonds. The second kappa shape index (κ2) is 6.24. The topological polar surface area (TPSA) is 79.5 Å². The van der Waals surface area contributed by atoms with Crippen LogP contribution in [0.25, 0.3) is 16.9 Å². The average molecular weight is 332 g/mol. The molecule has 0 radical (unpaired) electrons. The van der Waals surface area contributed by atoms with Crippen molar-refractivity contribution in [3.05, 3.63) is 66.2 Å². The van der Waals surface area contributed by atoms with E-state index in [9.17, 15) is 9.90 Å². The molecule has 124 valence electrons. The number of rotatable bonds is 3. The van der Waals surface area contributed by atoms with Crippen molar-refractivity contribution >= 4 is 11.6 Å². The number of hydrogen-bond acceptors (Lipinski definition) is 4. The van der Waals surface area contributed by atoms with Crippen LogP contribution in [0.5, 0.6) is 5.88 Å². The number of aromatic hydroxyl groups is 1. The van der Waals surface area contributed by atoms with Gasteiger partial charge in [0.15, 0.2) is 0 Å². The number of carbonyl (C=O) groups is 1. The molecule has 1 aromatic heterocycles. The molecule has 2 N–H and O–H groups in total. The lowest BCUT2D eigenvalue weighted by molar-refractivity contribution is -0.121. The summed E-state index contributed by atoms with van der Waals surface area (Å²) in [5.74, 6) is 0.0342. The van der Waals surface area contributed by atoms with Crippen molar-refractivity contribution in [2.45, 2.75) is 12.8 Å². The fourth-order valence-electron chi connectivity index (χ4n) is 2.79. The first kappa shape index (κ1) is 15.1.